The van der Waals surface area contributed by atoms with Gasteiger partial charge >= 0.3 is 0 Å². The molecule has 1 aromatic heterocycles. The van der Waals surface area contributed by atoms with Crippen molar-refractivity contribution in [2.24, 2.45) is 0 Å². The molecular formula is C14H14ClN3O3. The minimum atomic E-state index is -0.494. The van der Waals surface area contributed by atoms with Gasteiger partial charge in [-0.1, -0.05) is 12.1 Å². The second-order valence-electron chi connectivity index (χ2n) is 4.33. The third kappa shape index (κ3) is 4.54. The summed E-state index contributed by atoms with van der Waals surface area (Å²) in [5.41, 5.74) is 1.33. The number of anilines is 1. The third-order valence-electron chi connectivity index (χ3n) is 2.82. The fraction of sp³-hybridized carbons (Fsp3) is 0.143. The van der Waals surface area contributed by atoms with E-state index in [4.69, 9.17) is 0 Å². The third-order valence-corrected chi connectivity index (χ3v) is 2.82. The van der Waals surface area contributed by atoms with E-state index in [-0.39, 0.29) is 30.5 Å². The number of hydrogen-bond donors (Lipinski definition) is 1. The van der Waals surface area contributed by atoms with Crippen molar-refractivity contribution >= 4 is 17.3 Å². The summed E-state index contributed by atoms with van der Waals surface area (Å²) in [6.07, 6.45) is 1.81. The van der Waals surface area contributed by atoms with E-state index < -0.39 is 4.92 Å². The van der Waals surface area contributed by atoms with Gasteiger partial charge < -0.3 is 17.7 Å². The van der Waals surface area contributed by atoms with Crippen LogP contribution in [0.1, 0.15) is 5.69 Å². The summed E-state index contributed by atoms with van der Waals surface area (Å²) in [7, 11) is 0. The lowest BCUT2D eigenvalue weighted by molar-refractivity contribution is -0.690. The molecule has 0 radical (unpaired) electrons. The van der Waals surface area contributed by atoms with Gasteiger partial charge in [0.15, 0.2) is 11.9 Å². The van der Waals surface area contributed by atoms with Gasteiger partial charge in [-0.05, 0) is 6.07 Å². The van der Waals surface area contributed by atoms with Crippen LogP contribution in [0.4, 0.5) is 11.4 Å². The van der Waals surface area contributed by atoms with Gasteiger partial charge in [0, 0.05) is 36.9 Å². The summed E-state index contributed by atoms with van der Waals surface area (Å²) in [6.45, 7) is 2.07. The molecule has 6 nitrogen and oxygen atoms in total. The highest BCUT2D eigenvalue weighted by molar-refractivity contribution is 5.90. The molecule has 0 unspecified atom stereocenters. The number of rotatable bonds is 4. The smallest absolute Gasteiger partial charge is 0.290 e. The number of carbonyl (C=O) groups is 1. The Morgan fingerprint density at radius 1 is 1.29 bits per heavy atom. The predicted octanol–water partition coefficient (Wildman–Crippen LogP) is -1.17. The molecule has 1 amide bonds. The van der Waals surface area contributed by atoms with Gasteiger partial charge in [-0.25, -0.2) is 0 Å². The standard InChI is InChI=1S/C14H13N3O3.ClH/c1-11-5-2-3-8-16(11)10-14(18)15-12-6-4-7-13(9-12)17(19)20;/h2-9H,10H2,1H3;1H. The van der Waals surface area contributed by atoms with Gasteiger partial charge in [0.2, 0.25) is 6.54 Å². The van der Waals surface area contributed by atoms with Crippen molar-refractivity contribution in [3.8, 4) is 0 Å². The van der Waals surface area contributed by atoms with E-state index in [0.717, 1.165) is 5.69 Å². The van der Waals surface area contributed by atoms with Crippen molar-refractivity contribution in [3.05, 3.63) is 64.5 Å². The molecule has 0 saturated carbocycles. The number of carbonyl (C=O) groups excluding carboxylic acids is 1. The normalized spacial score (nSPS) is 9.57. The van der Waals surface area contributed by atoms with Crippen LogP contribution >= 0.6 is 0 Å². The number of pyridine rings is 1. The molecule has 0 spiro atoms. The molecule has 0 aliphatic carbocycles. The maximum Gasteiger partial charge on any atom is 0.290 e. The van der Waals surface area contributed by atoms with Crippen LogP contribution in [0.25, 0.3) is 0 Å². The molecule has 1 heterocycles. The van der Waals surface area contributed by atoms with Crippen LogP contribution in [0.5, 0.6) is 0 Å². The lowest BCUT2D eigenvalue weighted by Gasteiger charge is -2.04. The maximum absolute atomic E-state index is 11.9. The monoisotopic (exact) mass is 307 g/mol. The number of benzene rings is 1. The summed E-state index contributed by atoms with van der Waals surface area (Å²) < 4.78 is 1.80. The maximum atomic E-state index is 11.9. The lowest BCUT2D eigenvalue weighted by atomic mass is 10.3. The number of halogens is 1. The average molecular weight is 308 g/mol. The van der Waals surface area contributed by atoms with Gasteiger partial charge in [0.05, 0.1) is 4.92 Å². The molecule has 7 heteroatoms. The average Bonchev–Trinajstić information content (AvgIpc) is 2.41. The van der Waals surface area contributed by atoms with E-state index in [9.17, 15) is 14.9 Å². The number of nitrogens with zero attached hydrogens (tertiary/aromatic N) is 2. The van der Waals surface area contributed by atoms with Crippen molar-refractivity contribution < 1.29 is 26.7 Å². The first-order chi connectivity index (χ1) is 9.56. The molecular weight excluding hydrogens is 294 g/mol. The SMILES string of the molecule is Cc1cccc[n+]1CC(=O)Nc1cccc([N+](=O)[O-])c1.[Cl-]. The van der Waals surface area contributed by atoms with E-state index >= 15 is 0 Å². The molecule has 2 rings (SSSR count). The van der Waals surface area contributed by atoms with Crippen molar-refractivity contribution in [2.75, 3.05) is 5.32 Å². The summed E-state index contributed by atoms with van der Waals surface area (Å²) in [5, 5.41) is 13.3. The molecule has 0 aliphatic heterocycles. The first-order valence-electron chi connectivity index (χ1n) is 6.05. The number of nitro benzene ring substituents is 1. The van der Waals surface area contributed by atoms with Crippen molar-refractivity contribution in [1.29, 1.82) is 0 Å². The van der Waals surface area contributed by atoms with E-state index in [0.29, 0.717) is 5.69 Å². The largest absolute Gasteiger partial charge is 1.00 e. The fourth-order valence-electron chi connectivity index (χ4n) is 1.79. The van der Waals surface area contributed by atoms with Crippen LogP contribution in [0.2, 0.25) is 0 Å². The second-order valence-corrected chi connectivity index (χ2v) is 4.33. The zero-order valence-corrected chi connectivity index (χ0v) is 12.1. The first-order valence-corrected chi connectivity index (χ1v) is 6.05. The highest BCUT2D eigenvalue weighted by Gasteiger charge is 2.13. The summed E-state index contributed by atoms with van der Waals surface area (Å²) in [6, 6.07) is 11.5. The highest BCUT2D eigenvalue weighted by Crippen LogP contribution is 2.16. The van der Waals surface area contributed by atoms with Crippen molar-refractivity contribution in [2.45, 2.75) is 13.5 Å². The zero-order chi connectivity index (χ0) is 14.5. The Morgan fingerprint density at radius 3 is 2.71 bits per heavy atom. The zero-order valence-electron chi connectivity index (χ0n) is 11.3. The summed E-state index contributed by atoms with van der Waals surface area (Å²) in [5.74, 6) is -0.232. The van der Waals surface area contributed by atoms with Crippen LogP contribution in [0, 0.1) is 17.0 Å². The molecule has 21 heavy (non-hydrogen) atoms. The topological polar surface area (TPSA) is 76.1 Å². The number of hydrogen-bond acceptors (Lipinski definition) is 3. The summed E-state index contributed by atoms with van der Waals surface area (Å²) >= 11 is 0. The molecule has 0 bridgehead atoms. The predicted molar refractivity (Wildman–Crippen MR) is 73.1 cm³/mol. The molecule has 0 fully saturated rings. The van der Waals surface area contributed by atoms with Crippen LogP contribution in [0.15, 0.2) is 48.7 Å². The van der Waals surface area contributed by atoms with E-state index in [1.165, 1.54) is 18.2 Å². The molecule has 1 N–H and O–H groups in total. The van der Waals surface area contributed by atoms with Crippen molar-refractivity contribution in [3.63, 3.8) is 0 Å². The lowest BCUT2D eigenvalue weighted by Crippen LogP contribution is -3.00. The Bertz CT molecular complexity index is 661. The second kappa shape index (κ2) is 7.35. The van der Waals surface area contributed by atoms with E-state index in [1.807, 2.05) is 31.3 Å². The number of non-ortho nitro benzene ring substituents is 1. The Hall–Kier alpha value is -2.47. The fourth-order valence-corrected chi connectivity index (χ4v) is 1.79. The van der Waals surface area contributed by atoms with Gasteiger partial charge in [0.1, 0.15) is 0 Å². The highest BCUT2D eigenvalue weighted by atomic mass is 35.5. The van der Waals surface area contributed by atoms with Crippen LogP contribution in [-0.4, -0.2) is 10.8 Å². The molecule has 1 aromatic carbocycles. The molecule has 0 saturated heterocycles. The van der Waals surface area contributed by atoms with Gasteiger partial charge in [-0.3, -0.25) is 14.9 Å². The van der Waals surface area contributed by atoms with E-state index in [2.05, 4.69) is 5.32 Å². The number of aromatic nitrogens is 1. The Labute approximate surface area is 128 Å². The number of amides is 1. The Kier molecular flexibility index (Phi) is 5.80. The number of aryl methyl sites for hydroxylation is 1. The quantitative estimate of drug-likeness (QED) is 0.439. The molecule has 0 aliphatic rings. The number of nitro groups is 1. The number of nitrogens with one attached hydrogen (secondary N) is 1. The Balaban J connectivity index is 0.00000220. The van der Waals surface area contributed by atoms with Crippen LogP contribution in [-0.2, 0) is 11.3 Å². The molecule has 0 atom stereocenters. The minimum Gasteiger partial charge on any atom is -1.00 e. The summed E-state index contributed by atoms with van der Waals surface area (Å²) in [4.78, 5) is 22.1. The molecule has 110 valence electrons. The van der Waals surface area contributed by atoms with Crippen LogP contribution < -0.4 is 22.3 Å². The van der Waals surface area contributed by atoms with Gasteiger partial charge in [-0.2, -0.15) is 4.57 Å². The van der Waals surface area contributed by atoms with Crippen molar-refractivity contribution in [1.82, 2.24) is 0 Å². The minimum absolute atomic E-state index is 0. The van der Waals surface area contributed by atoms with Gasteiger partial charge in [0.25, 0.3) is 11.6 Å². The van der Waals surface area contributed by atoms with Crippen LogP contribution in [0.3, 0.4) is 0 Å². The van der Waals surface area contributed by atoms with Gasteiger partial charge in [-0.15, -0.1) is 0 Å². The first kappa shape index (κ1) is 16.6. The van der Waals surface area contributed by atoms with E-state index in [1.54, 1.807) is 10.6 Å². The Morgan fingerprint density at radius 2 is 2.05 bits per heavy atom. The molecule has 2 aromatic rings.